The summed E-state index contributed by atoms with van der Waals surface area (Å²) in [5.41, 5.74) is 0.561. The first kappa shape index (κ1) is 31.1. The van der Waals surface area contributed by atoms with Crippen LogP contribution in [0.15, 0.2) is 83.8 Å². The molecule has 0 aliphatic heterocycles. The molecule has 2 amide bonds. The van der Waals surface area contributed by atoms with Gasteiger partial charge in [0.1, 0.15) is 18.3 Å². The lowest BCUT2D eigenvalue weighted by Gasteiger charge is -2.33. The Kier molecular flexibility index (Phi) is 10.8. The number of hydrogen-bond acceptors (Lipinski definition) is 7. The second-order valence-electron chi connectivity index (χ2n) is 9.18. The molecule has 0 spiro atoms. The molecule has 218 valence electrons. The quantitative estimate of drug-likeness (QED) is 0.223. The minimum absolute atomic E-state index is 0.0420. The summed E-state index contributed by atoms with van der Waals surface area (Å²) in [5, 5.41) is 14.0. The lowest BCUT2D eigenvalue weighted by atomic mass is 10.1. The van der Waals surface area contributed by atoms with E-state index in [-0.39, 0.29) is 28.7 Å². The van der Waals surface area contributed by atoms with Crippen LogP contribution in [0.2, 0.25) is 0 Å². The summed E-state index contributed by atoms with van der Waals surface area (Å²) in [6, 6.07) is 18.6. The van der Waals surface area contributed by atoms with Crippen molar-refractivity contribution in [1.29, 1.82) is 0 Å². The molecule has 0 aromatic heterocycles. The maximum absolute atomic E-state index is 14.0. The molecule has 0 radical (unpaired) electrons. The van der Waals surface area contributed by atoms with Crippen LogP contribution in [0.3, 0.4) is 0 Å². The van der Waals surface area contributed by atoms with Crippen molar-refractivity contribution in [3.8, 4) is 5.75 Å². The Hall–Kier alpha value is -4.45. The van der Waals surface area contributed by atoms with E-state index in [9.17, 15) is 28.1 Å². The number of carbonyl (C=O) groups is 2. The van der Waals surface area contributed by atoms with E-state index in [0.717, 1.165) is 4.31 Å². The molecule has 0 heterocycles. The zero-order valence-corrected chi connectivity index (χ0v) is 24.0. The SMILES string of the molecule is CCCNC(=O)[C@@H](CC)N(Cc1ccc(OC)cc1)C(=O)CN(c1ccc([N+](=O)[O-])cc1)S(=O)(=O)c1ccccc1. The zero-order valence-electron chi connectivity index (χ0n) is 23.2. The van der Waals surface area contributed by atoms with Crippen molar-refractivity contribution in [2.24, 2.45) is 0 Å². The van der Waals surface area contributed by atoms with E-state index in [2.05, 4.69) is 5.32 Å². The van der Waals surface area contributed by atoms with Crippen molar-refractivity contribution < 1.29 is 27.7 Å². The number of sulfonamides is 1. The molecule has 11 nitrogen and oxygen atoms in total. The number of non-ortho nitro benzene ring substituents is 1. The Bertz CT molecular complexity index is 1430. The summed E-state index contributed by atoms with van der Waals surface area (Å²) >= 11 is 0. The molecule has 0 aliphatic rings. The molecule has 0 saturated heterocycles. The zero-order chi connectivity index (χ0) is 30.0. The van der Waals surface area contributed by atoms with Gasteiger partial charge in [-0.25, -0.2) is 8.42 Å². The van der Waals surface area contributed by atoms with Crippen LogP contribution in [-0.4, -0.2) is 56.3 Å². The first-order chi connectivity index (χ1) is 19.6. The van der Waals surface area contributed by atoms with Gasteiger partial charge >= 0.3 is 0 Å². The fourth-order valence-corrected chi connectivity index (χ4v) is 5.64. The Balaban J connectivity index is 2.05. The highest BCUT2D eigenvalue weighted by Crippen LogP contribution is 2.27. The van der Waals surface area contributed by atoms with Gasteiger partial charge in [-0.1, -0.05) is 44.2 Å². The first-order valence-corrected chi connectivity index (χ1v) is 14.6. The van der Waals surface area contributed by atoms with Gasteiger partial charge in [-0.05, 0) is 54.8 Å². The number of nitro groups is 1. The number of nitrogens with one attached hydrogen (secondary N) is 1. The third-order valence-electron chi connectivity index (χ3n) is 6.41. The van der Waals surface area contributed by atoms with Gasteiger partial charge in [-0.15, -0.1) is 0 Å². The minimum atomic E-state index is -4.27. The largest absolute Gasteiger partial charge is 0.497 e. The number of nitro benzene ring substituents is 1. The third-order valence-corrected chi connectivity index (χ3v) is 8.19. The van der Waals surface area contributed by atoms with E-state index in [1.54, 1.807) is 49.4 Å². The number of hydrogen-bond donors (Lipinski definition) is 1. The molecular weight excluding hydrogens is 548 g/mol. The molecule has 0 unspecified atom stereocenters. The van der Waals surface area contributed by atoms with Crippen molar-refractivity contribution in [1.82, 2.24) is 10.2 Å². The topological polar surface area (TPSA) is 139 Å². The van der Waals surface area contributed by atoms with E-state index in [1.165, 1.54) is 48.4 Å². The Morgan fingerprint density at radius 3 is 2.15 bits per heavy atom. The molecule has 1 atom stereocenters. The molecule has 3 aromatic carbocycles. The van der Waals surface area contributed by atoms with Crippen molar-refractivity contribution in [3.63, 3.8) is 0 Å². The van der Waals surface area contributed by atoms with E-state index in [0.29, 0.717) is 30.7 Å². The molecule has 41 heavy (non-hydrogen) atoms. The molecule has 3 aromatic rings. The maximum atomic E-state index is 14.0. The summed E-state index contributed by atoms with van der Waals surface area (Å²) in [6.45, 7) is 3.53. The van der Waals surface area contributed by atoms with E-state index in [1.807, 2.05) is 6.92 Å². The number of carbonyl (C=O) groups excluding carboxylic acids is 2. The van der Waals surface area contributed by atoms with Crippen LogP contribution in [0.25, 0.3) is 0 Å². The van der Waals surface area contributed by atoms with Crippen LogP contribution in [-0.2, 0) is 26.2 Å². The molecule has 12 heteroatoms. The Morgan fingerprint density at radius 1 is 0.976 bits per heavy atom. The monoisotopic (exact) mass is 582 g/mol. The number of rotatable bonds is 14. The highest BCUT2D eigenvalue weighted by atomic mass is 32.2. The number of nitrogens with zero attached hydrogens (tertiary/aromatic N) is 3. The van der Waals surface area contributed by atoms with Crippen LogP contribution < -0.4 is 14.4 Å². The maximum Gasteiger partial charge on any atom is 0.269 e. The molecule has 3 rings (SSSR count). The van der Waals surface area contributed by atoms with Gasteiger partial charge in [0, 0.05) is 25.2 Å². The van der Waals surface area contributed by atoms with Crippen LogP contribution in [0.5, 0.6) is 5.75 Å². The third kappa shape index (κ3) is 7.82. The Labute approximate surface area is 239 Å². The predicted molar refractivity (Wildman–Crippen MR) is 155 cm³/mol. The van der Waals surface area contributed by atoms with Crippen LogP contribution in [0.1, 0.15) is 32.3 Å². The number of methoxy groups -OCH3 is 1. The highest BCUT2D eigenvalue weighted by molar-refractivity contribution is 7.92. The number of benzene rings is 3. The normalized spacial score (nSPS) is 11.8. The lowest BCUT2D eigenvalue weighted by molar-refractivity contribution is -0.384. The molecular formula is C29H34N4O7S. The summed E-state index contributed by atoms with van der Waals surface area (Å²) in [7, 11) is -2.73. The second kappa shape index (κ2) is 14.3. The average molecular weight is 583 g/mol. The molecule has 0 bridgehead atoms. The number of ether oxygens (including phenoxy) is 1. The first-order valence-electron chi connectivity index (χ1n) is 13.1. The molecule has 0 fully saturated rings. The van der Waals surface area contributed by atoms with Crippen molar-refractivity contribution in [2.75, 3.05) is 24.5 Å². The number of anilines is 1. The lowest BCUT2D eigenvalue weighted by Crippen LogP contribution is -2.52. The van der Waals surface area contributed by atoms with Crippen molar-refractivity contribution >= 4 is 33.2 Å². The van der Waals surface area contributed by atoms with Crippen LogP contribution in [0, 0.1) is 10.1 Å². The van der Waals surface area contributed by atoms with Crippen LogP contribution in [0.4, 0.5) is 11.4 Å². The van der Waals surface area contributed by atoms with Gasteiger partial charge < -0.3 is 15.0 Å². The summed E-state index contributed by atoms with van der Waals surface area (Å²) in [6.07, 6.45) is 0.998. The minimum Gasteiger partial charge on any atom is -0.497 e. The predicted octanol–water partition coefficient (Wildman–Crippen LogP) is 4.13. The van der Waals surface area contributed by atoms with Gasteiger partial charge in [0.15, 0.2) is 0 Å². The van der Waals surface area contributed by atoms with Gasteiger partial charge in [-0.3, -0.25) is 24.0 Å². The number of amides is 2. The van der Waals surface area contributed by atoms with Crippen molar-refractivity contribution in [3.05, 3.63) is 94.5 Å². The second-order valence-corrected chi connectivity index (χ2v) is 11.0. The standard InChI is InChI=1S/C29H34N4O7S/c1-4-19-30-29(35)27(5-2)31(20-22-11-17-25(40-3)18-12-22)28(34)21-32(23-13-15-24(16-14-23)33(36)37)41(38,39)26-9-7-6-8-10-26/h6-18,27H,4-5,19-21H2,1-3H3,(H,30,35)/t27-/m1/s1. The van der Waals surface area contributed by atoms with Gasteiger partial charge in [-0.2, -0.15) is 0 Å². The molecule has 0 aliphatic carbocycles. The highest BCUT2D eigenvalue weighted by Gasteiger charge is 2.33. The van der Waals surface area contributed by atoms with Gasteiger partial charge in [0.05, 0.1) is 22.6 Å². The Morgan fingerprint density at radius 2 is 1.61 bits per heavy atom. The van der Waals surface area contributed by atoms with Gasteiger partial charge in [0.2, 0.25) is 11.8 Å². The fraction of sp³-hybridized carbons (Fsp3) is 0.310. The summed E-state index contributed by atoms with van der Waals surface area (Å²) in [5.74, 6) is -0.334. The smallest absolute Gasteiger partial charge is 0.269 e. The average Bonchev–Trinajstić information content (AvgIpc) is 2.99. The molecule has 0 saturated carbocycles. The van der Waals surface area contributed by atoms with E-state index < -0.39 is 33.4 Å². The summed E-state index contributed by atoms with van der Waals surface area (Å²) in [4.78, 5) is 39.0. The molecule has 1 N–H and O–H groups in total. The summed E-state index contributed by atoms with van der Waals surface area (Å²) < 4.78 is 33.7. The fourth-order valence-electron chi connectivity index (χ4n) is 4.20. The van der Waals surface area contributed by atoms with Crippen molar-refractivity contribution in [2.45, 2.75) is 44.2 Å². The van der Waals surface area contributed by atoms with E-state index >= 15 is 0 Å². The van der Waals surface area contributed by atoms with E-state index in [4.69, 9.17) is 4.74 Å². The van der Waals surface area contributed by atoms with Gasteiger partial charge in [0.25, 0.3) is 15.7 Å². The van der Waals surface area contributed by atoms with Crippen LogP contribution >= 0.6 is 0 Å².